The number of halogens is 4. The van der Waals surface area contributed by atoms with Crippen molar-refractivity contribution in [3.05, 3.63) is 62.1 Å². The van der Waals surface area contributed by atoms with Crippen molar-refractivity contribution in [1.82, 2.24) is 5.32 Å². The van der Waals surface area contributed by atoms with E-state index in [1.54, 1.807) is 23.9 Å². The first-order valence-electron chi connectivity index (χ1n) is 8.29. The lowest BCUT2D eigenvalue weighted by molar-refractivity contribution is -0.119. The second-order valence-corrected chi connectivity index (χ2v) is 10.7. The van der Waals surface area contributed by atoms with E-state index in [2.05, 4.69) is 5.32 Å². The molecule has 0 spiro atoms. The zero-order valence-corrected chi connectivity index (χ0v) is 19.9. The summed E-state index contributed by atoms with van der Waals surface area (Å²) in [4.78, 5) is 12.2. The van der Waals surface area contributed by atoms with E-state index in [4.69, 9.17) is 46.4 Å². The fourth-order valence-electron chi connectivity index (χ4n) is 2.33. The fourth-order valence-corrected chi connectivity index (χ4v) is 5.18. The zero-order valence-electron chi connectivity index (χ0n) is 15.3. The van der Waals surface area contributed by atoms with Gasteiger partial charge in [0.15, 0.2) is 0 Å². The monoisotopic (exact) mass is 514 g/mol. The minimum absolute atomic E-state index is 0.145. The summed E-state index contributed by atoms with van der Waals surface area (Å²) in [6.07, 6.45) is 1.01. The van der Waals surface area contributed by atoms with Crippen molar-refractivity contribution in [3.8, 4) is 0 Å². The third-order valence-corrected chi connectivity index (χ3v) is 6.97. The summed E-state index contributed by atoms with van der Waals surface area (Å²) in [6, 6.07) is 9.71. The molecule has 0 saturated carbocycles. The quantitative estimate of drug-likeness (QED) is 0.471. The van der Waals surface area contributed by atoms with Crippen molar-refractivity contribution in [1.29, 1.82) is 0 Å². The predicted molar refractivity (Wildman–Crippen MR) is 124 cm³/mol. The normalized spacial score (nSPS) is 11.3. The highest BCUT2D eigenvalue weighted by Crippen LogP contribution is 2.30. The van der Waals surface area contributed by atoms with Gasteiger partial charge in [0.05, 0.1) is 17.0 Å². The molecule has 0 unspecified atom stereocenters. The molecule has 0 atom stereocenters. The van der Waals surface area contributed by atoms with E-state index in [0.29, 0.717) is 33.1 Å². The number of carbonyl (C=O) groups excluding carboxylic acids is 1. The Hall–Kier alpha value is -0.830. The van der Waals surface area contributed by atoms with Crippen LogP contribution in [-0.4, -0.2) is 39.4 Å². The number of anilines is 1. The molecule has 2 aromatic rings. The van der Waals surface area contributed by atoms with Gasteiger partial charge < -0.3 is 5.32 Å². The van der Waals surface area contributed by atoms with Gasteiger partial charge in [-0.25, -0.2) is 8.42 Å². The SMILES string of the molecule is CS(=O)(=O)N(CC(=O)NCCSCc1ccc(Cl)cc1Cl)c1ccc(Cl)cc1Cl. The third-order valence-electron chi connectivity index (χ3n) is 3.71. The highest BCUT2D eigenvalue weighted by Gasteiger charge is 2.23. The molecule has 0 radical (unpaired) electrons. The number of sulfonamides is 1. The number of benzene rings is 2. The number of carbonyl (C=O) groups is 1. The smallest absolute Gasteiger partial charge is 0.240 e. The number of thioether (sulfide) groups is 1. The molecule has 158 valence electrons. The van der Waals surface area contributed by atoms with E-state index < -0.39 is 15.9 Å². The Morgan fingerprint density at radius 3 is 2.24 bits per heavy atom. The molecule has 1 amide bonds. The maximum Gasteiger partial charge on any atom is 0.240 e. The molecule has 0 aliphatic heterocycles. The summed E-state index contributed by atoms with van der Waals surface area (Å²) >= 11 is 25.5. The Kier molecular flexibility index (Phi) is 9.25. The molecule has 0 aromatic heterocycles. The van der Waals surface area contributed by atoms with Gasteiger partial charge in [-0.15, -0.1) is 0 Å². The third kappa shape index (κ3) is 7.74. The molecule has 0 aliphatic carbocycles. The van der Waals surface area contributed by atoms with Crippen LogP contribution in [0.1, 0.15) is 5.56 Å². The van der Waals surface area contributed by atoms with Gasteiger partial charge >= 0.3 is 0 Å². The van der Waals surface area contributed by atoms with Crippen LogP contribution in [0, 0.1) is 0 Å². The number of rotatable bonds is 9. The minimum atomic E-state index is -3.71. The summed E-state index contributed by atoms with van der Waals surface area (Å²) < 4.78 is 25.2. The van der Waals surface area contributed by atoms with Crippen LogP contribution in [0.25, 0.3) is 0 Å². The largest absolute Gasteiger partial charge is 0.354 e. The second-order valence-electron chi connectivity index (χ2n) is 6.00. The second kappa shape index (κ2) is 11.0. The molecule has 2 rings (SSSR count). The molecule has 0 aliphatic rings. The molecular weight excluding hydrogens is 498 g/mol. The van der Waals surface area contributed by atoms with Crippen molar-refractivity contribution in [2.75, 3.05) is 29.4 Å². The van der Waals surface area contributed by atoms with E-state index in [0.717, 1.165) is 16.1 Å². The average Bonchev–Trinajstić information content (AvgIpc) is 2.61. The number of hydrogen-bond acceptors (Lipinski definition) is 4. The Morgan fingerprint density at radius 1 is 1.03 bits per heavy atom. The molecule has 0 bridgehead atoms. The molecule has 11 heteroatoms. The molecule has 5 nitrogen and oxygen atoms in total. The molecule has 29 heavy (non-hydrogen) atoms. The van der Waals surface area contributed by atoms with Crippen molar-refractivity contribution in [2.24, 2.45) is 0 Å². The molecular formula is C18H18Cl4N2O3S2. The molecule has 0 saturated heterocycles. The van der Waals surface area contributed by atoms with E-state index in [1.165, 1.54) is 18.2 Å². The van der Waals surface area contributed by atoms with Gasteiger partial charge in [-0.1, -0.05) is 52.5 Å². The van der Waals surface area contributed by atoms with Crippen molar-refractivity contribution >= 4 is 79.8 Å². The number of nitrogens with zero attached hydrogens (tertiary/aromatic N) is 1. The van der Waals surface area contributed by atoms with Crippen LogP contribution in [0.4, 0.5) is 5.69 Å². The lowest BCUT2D eigenvalue weighted by atomic mass is 10.2. The van der Waals surface area contributed by atoms with Crippen LogP contribution in [0.5, 0.6) is 0 Å². The first-order valence-corrected chi connectivity index (χ1v) is 12.8. The Labute approximate surface area is 194 Å². The molecule has 0 heterocycles. The van der Waals surface area contributed by atoms with Crippen LogP contribution in [0.15, 0.2) is 36.4 Å². The summed E-state index contributed by atoms with van der Waals surface area (Å²) in [6.45, 7) is -0.00543. The van der Waals surface area contributed by atoms with Crippen LogP contribution in [0.3, 0.4) is 0 Å². The zero-order chi connectivity index (χ0) is 21.6. The maximum atomic E-state index is 12.2. The number of nitrogens with one attached hydrogen (secondary N) is 1. The van der Waals surface area contributed by atoms with Gasteiger partial charge in [0.1, 0.15) is 6.54 Å². The van der Waals surface area contributed by atoms with E-state index in [9.17, 15) is 13.2 Å². The summed E-state index contributed by atoms with van der Waals surface area (Å²) in [7, 11) is -3.71. The number of hydrogen-bond donors (Lipinski definition) is 1. The lowest BCUT2D eigenvalue weighted by Crippen LogP contribution is -2.41. The van der Waals surface area contributed by atoms with E-state index >= 15 is 0 Å². The van der Waals surface area contributed by atoms with Crippen LogP contribution >= 0.6 is 58.2 Å². The van der Waals surface area contributed by atoms with Crippen LogP contribution < -0.4 is 9.62 Å². The van der Waals surface area contributed by atoms with Crippen molar-refractivity contribution in [3.63, 3.8) is 0 Å². The van der Waals surface area contributed by atoms with Crippen LogP contribution in [0.2, 0.25) is 20.1 Å². The molecule has 0 fully saturated rings. The fraction of sp³-hybridized carbons (Fsp3) is 0.278. The van der Waals surface area contributed by atoms with Gasteiger partial charge in [-0.3, -0.25) is 9.10 Å². The van der Waals surface area contributed by atoms with E-state index in [1.807, 2.05) is 6.07 Å². The van der Waals surface area contributed by atoms with Gasteiger partial charge in [-0.05, 0) is 35.9 Å². The van der Waals surface area contributed by atoms with E-state index in [-0.39, 0.29) is 17.3 Å². The highest BCUT2D eigenvalue weighted by molar-refractivity contribution is 7.98. The highest BCUT2D eigenvalue weighted by atomic mass is 35.5. The van der Waals surface area contributed by atoms with Gasteiger partial charge in [0.2, 0.25) is 15.9 Å². The average molecular weight is 516 g/mol. The minimum Gasteiger partial charge on any atom is -0.354 e. The summed E-state index contributed by atoms with van der Waals surface area (Å²) in [5.74, 6) is 0.860. The van der Waals surface area contributed by atoms with Crippen molar-refractivity contribution in [2.45, 2.75) is 5.75 Å². The lowest BCUT2D eigenvalue weighted by Gasteiger charge is -2.23. The Morgan fingerprint density at radius 2 is 1.66 bits per heavy atom. The van der Waals surface area contributed by atoms with Gasteiger partial charge in [-0.2, -0.15) is 11.8 Å². The molecule has 1 N–H and O–H groups in total. The van der Waals surface area contributed by atoms with Crippen LogP contribution in [-0.2, 0) is 20.6 Å². The van der Waals surface area contributed by atoms with Gasteiger partial charge in [0, 0.05) is 33.1 Å². The number of amides is 1. The maximum absolute atomic E-state index is 12.2. The summed E-state index contributed by atoms with van der Waals surface area (Å²) in [5, 5.41) is 4.39. The van der Waals surface area contributed by atoms with Gasteiger partial charge in [0.25, 0.3) is 0 Å². The Balaban J connectivity index is 1.87. The van der Waals surface area contributed by atoms with Crippen molar-refractivity contribution < 1.29 is 13.2 Å². The Bertz CT molecular complexity index is 987. The standard InChI is InChI=1S/C18H18Cl4N2O3S2/c1-29(26,27)24(17-5-4-14(20)9-16(17)22)10-18(25)23-6-7-28-11-12-2-3-13(19)8-15(12)21/h2-5,8-9H,6-7,10-11H2,1H3,(H,23,25). The topological polar surface area (TPSA) is 66.5 Å². The first-order chi connectivity index (χ1) is 13.6. The molecule has 2 aromatic carbocycles. The summed E-state index contributed by atoms with van der Waals surface area (Å²) in [5.41, 5.74) is 1.15. The first kappa shape index (κ1) is 24.4. The predicted octanol–water partition coefficient (Wildman–Crippen LogP) is 5.12.